The Kier molecular flexibility index (Phi) is 4.12. The zero-order valence-electron chi connectivity index (χ0n) is 10.3. The van der Waals surface area contributed by atoms with E-state index in [1.807, 2.05) is 0 Å². The molecule has 0 unspecified atom stereocenters. The molecule has 0 radical (unpaired) electrons. The SMILES string of the molecule is CN(Cc1cccc(F)c1)C(=O)c1cccnc1Cl. The number of pyridine rings is 1. The van der Waals surface area contributed by atoms with Crippen molar-refractivity contribution in [2.75, 3.05) is 7.05 Å². The molecule has 0 atom stereocenters. The Morgan fingerprint density at radius 3 is 2.84 bits per heavy atom. The van der Waals surface area contributed by atoms with Crippen molar-refractivity contribution in [3.8, 4) is 0 Å². The minimum absolute atomic E-state index is 0.165. The molecule has 1 amide bonds. The van der Waals surface area contributed by atoms with Crippen LogP contribution < -0.4 is 0 Å². The monoisotopic (exact) mass is 278 g/mol. The van der Waals surface area contributed by atoms with Gasteiger partial charge in [0.25, 0.3) is 5.91 Å². The highest BCUT2D eigenvalue weighted by Gasteiger charge is 2.15. The molecule has 0 fully saturated rings. The van der Waals surface area contributed by atoms with Crippen LogP contribution in [-0.4, -0.2) is 22.8 Å². The fourth-order valence-electron chi connectivity index (χ4n) is 1.73. The van der Waals surface area contributed by atoms with Gasteiger partial charge in [-0.2, -0.15) is 0 Å². The second-order valence-corrected chi connectivity index (χ2v) is 4.49. The molecule has 1 aromatic carbocycles. The van der Waals surface area contributed by atoms with Crippen molar-refractivity contribution < 1.29 is 9.18 Å². The Balaban J connectivity index is 2.14. The smallest absolute Gasteiger partial charge is 0.257 e. The number of nitrogens with zero attached hydrogens (tertiary/aromatic N) is 2. The van der Waals surface area contributed by atoms with Crippen molar-refractivity contribution in [3.05, 3.63) is 64.7 Å². The van der Waals surface area contributed by atoms with Crippen LogP contribution in [0.15, 0.2) is 42.6 Å². The predicted molar refractivity (Wildman–Crippen MR) is 71.4 cm³/mol. The van der Waals surface area contributed by atoms with Gasteiger partial charge in [-0.25, -0.2) is 9.37 Å². The van der Waals surface area contributed by atoms with E-state index in [0.717, 1.165) is 5.56 Å². The lowest BCUT2D eigenvalue weighted by atomic mass is 10.2. The number of carbonyl (C=O) groups excluding carboxylic acids is 1. The van der Waals surface area contributed by atoms with E-state index >= 15 is 0 Å². The van der Waals surface area contributed by atoms with Gasteiger partial charge in [-0.05, 0) is 29.8 Å². The zero-order valence-corrected chi connectivity index (χ0v) is 11.1. The summed E-state index contributed by atoms with van der Waals surface area (Å²) < 4.78 is 13.1. The molecule has 0 N–H and O–H groups in total. The molecule has 19 heavy (non-hydrogen) atoms. The summed E-state index contributed by atoms with van der Waals surface area (Å²) in [6.07, 6.45) is 1.52. The Bertz CT molecular complexity index is 604. The van der Waals surface area contributed by atoms with Crippen molar-refractivity contribution in [2.24, 2.45) is 0 Å². The van der Waals surface area contributed by atoms with E-state index in [0.29, 0.717) is 12.1 Å². The molecular formula is C14H12ClFN2O. The highest BCUT2D eigenvalue weighted by atomic mass is 35.5. The quantitative estimate of drug-likeness (QED) is 0.808. The van der Waals surface area contributed by atoms with Crippen LogP contribution in [0.3, 0.4) is 0 Å². The van der Waals surface area contributed by atoms with Gasteiger partial charge in [-0.15, -0.1) is 0 Å². The molecule has 0 aliphatic rings. The highest BCUT2D eigenvalue weighted by molar-refractivity contribution is 6.32. The lowest BCUT2D eigenvalue weighted by Gasteiger charge is -2.17. The van der Waals surface area contributed by atoms with Crippen molar-refractivity contribution in [1.82, 2.24) is 9.88 Å². The van der Waals surface area contributed by atoms with Gasteiger partial charge in [0.1, 0.15) is 11.0 Å². The first-order chi connectivity index (χ1) is 9.08. The standard InChI is InChI=1S/C14H12ClFN2O/c1-18(9-10-4-2-5-11(16)8-10)14(19)12-6-3-7-17-13(12)15/h2-8H,9H2,1H3. The number of halogens is 2. The fraction of sp³-hybridized carbons (Fsp3) is 0.143. The maximum Gasteiger partial charge on any atom is 0.257 e. The molecule has 0 aliphatic heterocycles. The number of hydrogen-bond acceptors (Lipinski definition) is 2. The molecule has 2 aromatic rings. The number of aromatic nitrogens is 1. The maximum absolute atomic E-state index is 13.1. The second-order valence-electron chi connectivity index (χ2n) is 4.13. The molecule has 0 aliphatic carbocycles. The van der Waals surface area contributed by atoms with Gasteiger partial charge in [0, 0.05) is 19.8 Å². The van der Waals surface area contributed by atoms with E-state index in [1.54, 1.807) is 31.3 Å². The summed E-state index contributed by atoms with van der Waals surface area (Å²) in [6.45, 7) is 0.307. The normalized spacial score (nSPS) is 10.3. The fourth-order valence-corrected chi connectivity index (χ4v) is 1.93. The van der Waals surface area contributed by atoms with Gasteiger partial charge in [0.2, 0.25) is 0 Å². The molecular weight excluding hydrogens is 267 g/mol. The third-order valence-electron chi connectivity index (χ3n) is 2.64. The largest absolute Gasteiger partial charge is 0.337 e. The van der Waals surface area contributed by atoms with Crippen LogP contribution in [0.2, 0.25) is 5.15 Å². The Labute approximate surface area is 115 Å². The first-order valence-corrected chi connectivity index (χ1v) is 6.06. The van der Waals surface area contributed by atoms with E-state index in [2.05, 4.69) is 4.98 Å². The van der Waals surface area contributed by atoms with Crippen molar-refractivity contribution in [1.29, 1.82) is 0 Å². The highest BCUT2D eigenvalue weighted by Crippen LogP contribution is 2.15. The lowest BCUT2D eigenvalue weighted by molar-refractivity contribution is 0.0784. The van der Waals surface area contributed by atoms with E-state index in [9.17, 15) is 9.18 Å². The molecule has 5 heteroatoms. The predicted octanol–water partition coefficient (Wildman–Crippen LogP) is 3.15. The van der Waals surface area contributed by atoms with Gasteiger partial charge in [0.05, 0.1) is 5.56 Å². The summed E-state index contributed by atoms with van der Waals surface area (Å²) in [5, 5.41) is 0.165. The third-order valence-corrected chi connectivity index (χ3v) is 2.95. The van der Waals surface area contributed by atoms with Gasteiger partial charge < -0.3 is 4.90 Å². The summed E-state index contributed by atoms with van der Waals surface area (Å²) in [4.78, 5) is 17.5. The van der Waals surface area contributed by atoms with Crippen LogP contribution in [0, 0.1) is 5.82 Å². The molecule has 1 aromatic heterocycles. The lowest BCUT2D eigenvalue weighted by Crippen LogP contribution is -2.26. The first-order valence-electron chi connectivity index (χ1n) is 5.68. The minimum atomic E-state index is -0.322. The van der Waals surface area contributed by atoms with Gasteiger partial charge in [-0.1, -0.05) is 23.7 Å². The Morgan fingerprint density at radius 2 is 2.16 bits per heavy atom. The van der Waals surface area contributed by atoms with Crippen LogP contribution in [0.5, 0.6) is 0 Å². The summed E-state index contributed by atoms with van der Waals surface area (Å²) in [6, 6.07) is 9.39. The average Bonchev–Trinajstić information content (AvgIpc) is 2.38. The van der Waals surface area contributed by atoms with E-state index in [1.165, 1.54) is 23.2 Å². The minimum Gasteiger partial charge on any atom is -0.337 e. The zero-order chi connectivity index (χ0) is 13.8. The van der Waals surface area contributed by atoms with E-state index in [4.69, 9.17) is 11.6 Å². The molecule has 0 bridgehead atoms. The van der Waals surface area contributed by atoms with Crippen molar-refractivity contribution >= 4 is 17.5 Å². The molecule has 3 nitrogen and oxygen atoms in total. The van der Waals surface area contributed by atoms with Crippen LogP contribution in [0.1, 0.15) is 15.9 Å². The molecule has 2 rings (SSSR count). The number of hydrogen-bond donors (Lipinski definition) is 0. The van der Waals surface area contributed by atoms with Crippen LogP contribution in [0.25, 0.3) is 0 Å². The van der Waals surface area contributed by atoms with Crippen LogP contribution in [-0.2, 0) is 6.54 Å². The number of rotatable bonds is 3. The summed E-state index contributed by atoms with van der Waals surface area (Å²) in [5.74, 6) is -0.569. The summed E-state index contributed by atoms with van der Waals surface area (Å²) in [5.41, 5.74) is 1.05. The Morgan fingerprint density at radius 1 is 1.37 bits per heavy atom. The summed E-state index contributed by atoms with van der Waals surface area (Å²) >= 11 is 5.87. The molecule has 0 saturated carbocycles. The van der Waals surface area contributed by atoms with Crippen molar-refractivity contribution in [2.45, 2.75) is 6.54 Å². The topological polar surface area (TPSA) is 33.2 Å². The van der Waals surface area contributed by atoms with E-state index in [-0.39, 0.29) is 16.9 Å². The van der Waals surface area contributed by atoms with Gasteiger partial charge >= 0.3 is 0 Å². The number of benzene rings is 1. The number of carbonyl (C=O) groups is 1. The van der Waals surface area contributed by atoms with Gasteiger partial charge in [0.15, 0.2) is 0 Å². The first kappa shape index (κ1) is 13.5. The van der Waals surface area contributed by atoms with Gasteiger partial charge in [-0.3, -0.25) is 4.79 Å². The van der Waals surface area contributed by atoms with Crippen LogP contribution >= 0.6 is 11.6 Å². The second kappa shape index (κ2) is 5.80. The molecule has 98 valence electrons. The van der Waals surface area contributed by atoms with E-state index < -0.39 is 0 Å². The van der Waals surface area contributed by atoms with Crippen molar-refractivity contribution in [3.63, 3.8) is 0 Å². The Hall–Kier alpha value is -1.94. The summed E-state index contributed by atoms with van der Waals surface area (Å²) in [7, 11) is 1.64. The van der Waals surface area contributed by atoms with Crippen LogP contribution in [0.4, 0.5) is 4.39 Å². The molecule has 0 spiro atoms. The third kappa shape index (κ3) is 3.29. The molecule has 0 saturated heterocycles. The maximum atomic E-state index is 13.1. The average molecular weight is 279 g/mol. The number of amides is 1. The molecule has 1 heterocycles.